The van der Waals surface area contributed by atoms with Gasteiger partial charge in [-0.15, -0.1) is 0 Å². The normalized spacial score (nSPS) is 11.3. The third kappa shape index (κ3) is 2.41. The zero-order valence-corrected chi connectivity index (χ0v) is 12.1. The van der Waals surface area contributed by atoms with E-state index in [1.807, 2.05) is 12.1 Å². The Hall–Kier alpha value is -2.25. The summed E-state index contributed by atoms with van der Waals surface area (Å²) in [5, 5.41) is 1.16. The minimum absolute atomic E-state index is 0.00222. The van der Waals surface area contributed by atoms with E-state index in [1.54, 1.807) is 48.5 Å². The molecule has 4 heteroatoms. The fourth-order valence-electron chi connectivity index (χ4n) is 2.28. The molecule has 2 nitrogen and oxygen atoms in total. The Labute approximate surface area is 122 Å². The molecule has 0 fully saturated rings. The number of aromatic nitrogens is 1. The van der Waals surface area contributed by atoms with Crippen molar-refractivity contribution in [3.63, 3.8) is 0 Å². The number of rotatable bonds is 3. The Morgan fingerprint density at radius 1 is 0.762 bits per heavy atom. The van der Waals surface area contributed by atoms with E-state index in [0.717, 1.165) is 0 Å². The van der Waals surface area contributed by atoms with Crippen LogP contribution in [-0.4, -0.2) is 4.98 Å². The molecule has 0 amide bonds. The molecule has 3 aromatic rings. The van der Waals surface area contributed by atoms with Crippen LogP contribution in [0.4, 0.5) is 4.39 Å². The smallest absolute Gasteiger partial charge is 0.191 e. The van der Waals surface area contributed by atoms with E-state index in [9.17, 15) is 8.96 Å². The van der Waals surface area contributed by atoms with Gasteiger partial charge in [0.1, 0.15) is 5.44 Å². The van der Waals surface area contributed by atoms with Gasteiger partial charge in [-0.1, -0.05) is 60.7 Å². The summed E-state index contributed by atoms with van der Waals surface area (Å²) in [6, 6.07) is 20.7. The van der Waals surface area contributed by atoms with Crippen LogP contribution in [-0.2, 0) is 4.57 Å². The third-order valence-corrected chi connectivity index (χ3v) is 6.25. The average Bonchev–Trinajstić information content (AvgIpc) is 2.56. The maximum absolute atomic E-state index is 14.2. The van der Waals surface area contributed by atoms with Crippen molar-refractivity contribution in [1.29, 1.82) is 0 Å². The Kier molecular flexibility index (Phi) is 3.68. The maximum atomic E-state index is 14.2. The summed E-state index contributed by atoms with van der Waals surface area (Å²) in [5.41, 5.74) is 0.00222. The van der Waals surface area contributed by atoms with Crippen molar-refractivity contribution < 1.29 is 8.96 Å². The summed E-state index contributed by atoms with van der Waals surface area (Å²) in [6.45, 7) is 0. The lowest BCUT2D eigenvalue weighted by Crippen LogP contribution is -2.29. The predicted octanol–water partition coefficient (Wildman–Crippen LogP) is 2.86. The summed E-state index contributed by atoms with van der Waals surface area (Å²) in [5.74, 6) is -0.548. The number of pyridine rings is 1. The zero-order chi connectivity index (χ0) is 14.7. The molecule has 0 bridgehead atoms. The highest BCUT2D eigenvalue weighted by atomic mass is 31.2. The standard InChI is InChI=1S/C17H13FNOP/c18-16-12-7-13-19-17(16)21(20,14-8-3-1-4-9-14)15-10-5-2-6-11-15/h1-13H. The lowest BCUT2D eigenvalue weighted by molar-refractivity contribution is 0.587. The molecule has 0 N–H and O–H groups in total. The van der Waals surface area contributed by atoms with E-state index in [-0.39, 0.29) is 5.44 Å². The van der Waals surface area contributed by atoms with Gasteiger partial charge in [0.25, 0.3) is 0 Å². The first-order valence-electron chi connectivity index (χ1n) is 6.55. The fourth-order valence-corrected chi connectivity index (χ4v) is 4.85. The highest BCUT2D eigenvalue weighted by Gasteiger charge is 2.33. The lowest BCUT2D eigenvalue weighted by Gasteiger charge is -2.19. The van der Waals surface area contributed by atoms with Crippen LogP contribution in [0.15, 0.2) is 79.0 Å². The molecule has 0 spiro atoms. The van der Waals surface area contributed by atoms with Crippen molar-refractivity contribution in [2.45, 2.75) is 0 Å². The number of nitrogens with zero attached hydrogens (tertiary/aromatic N) is 1. The summed E-state index contributed by atoms with van der Waals surface area (Å²) in [6.07, 6.45) is 1.47. The van der Waals surface area contributed by atoms with Crippen molar-refractivity contribution >= 4 is 23.2 Å². The molecule has 0 saturated heterocycles. The summed E-state index contributed by atoms with van der Waals surface area (Å²) < 4.78 is 28.0. The highest BCUT2D eigenvalue weighted by Crippen LogP contribution is 2.41. The summed E-state index contributed by atoms with van der Waals surface area (Å²) in [7, 11) is -3.30. The average molecular weight is 297 g/mol. The second-order valence-corrected chi connectivity index (χ2v) is 7.26. The molecule has 2 aromatic carbocycles. The van der Waals surface area contributed by atoms with Gasteiger partial charge in [-0.25, -0.2) is 9.37 Å². The van der Waals surface area contributed by atoms with Gasteiger partial charge in [0.2, 0.25) is 0 Å². The van der Waals surface area contributed by atoms with Crippen molar-refractivity contribution in [3.05, 3.63) is 84.8 Å². The quantitative estimate of drug-likeness (QED) is 0.696. The van der Waals surface area contributed by atoms with Gasteiger partial charge >= 0.3 is 0 Å². The van der Waals surface area contributed by atoms with Gasteiger partial charge < -0.3 is 4.57 Å². The van der Waals surface area contributed by atoms with Gasteiger partial charge in [0.05, 0.1) is 0 Å². The van der Waals surface area contributed by atoms with Crippen LogP contribution in [0.25, 0.3) is 0 Å². The van der Waals surface area contributed by atoms with Crippen LogP contribution in [0.5, 0.6) is 0 Å². The van der Waals surface area contributed by atoms with Crippen LogP contribution in [0, 0.1) is 5.82 Å². The minimum Gasteiger partial charge on any atom is -0.307 e. The van der Waals surface area contributed by atoms with Gasteiger partial charge in [0, 0.05) is 16.8 Å². The minimum atomic E-state index is -3.30. The van der Waals surface area contributed by atoms with E-state index in [2.05, 4.69) is 4.98 Å². The Morgan fingerprint density at radius 2 is 1.29 bits per heavy atom. The summed E-state index contributed by atoms with van der Waals surface area (Å²) >= 11 is 0. The maximum Gasteiger partial charge on any atom is 0.191 e. The SMILES string of the molecule is O=P(c1ccccc1)(c1ccccc1)c1ncccc1F. The molecule has 21 heavy (non-hydrogen) atoms. The first-order chi connectivity index (χ1) is 10.2. The molecular formula is C17H13FNOP. The number of benzene rings is 2. The molecule has 0 aliphatic heterocycles. The van der Waals surface area contributed by atoms with Crippen molar-refractivity contribution in [1.82, 2.24) is 4.98 Å². The monoisotopic (exact) mass is 297 g/mol. The molecule has 0 radical (unpaired) electrons. The van der Waals surface area contributed by atoms with E-state index >= 15 is 0 Å². The second-order valence-electron chi connectivity index (χ2n) is 4.59. The molecule has 0 unspecified atom stereocenters. The topological polar surface area (TPSA) is 30.0 Å². The summed E-state index contributed by atoms with van der Waals surface area (Å²) in [4.78, 5) is 4.07. The Balaban J connectivity index is 2.32. The fraction of sp³-hybridized carbons (Fsp3) is 0. The van der Waals surface area contributed by atoms with Gasteiger partial charge in [-0.05, 0) is 12.1 Å². The molecule has 104 valence electrons. The molecule has 0 aliphatic rings. The second kappa shape index (κ2) is 5.63. The van der Waals surface area contributed by atoms with Gasteiger partial charge in [-0.2, -0.15) is 0 Å². The van der Waals surface area contributed by atoms with E-state index in [4.69, 9.17) is 0 Å². The van der Waals surface area contributed by atoms with E-state index in [1.165, 1.54) is 18.3 Å². The van der Waals surface area contributed by atoms with Crippen LogP contribution in [0.3, 0.4) is 0 Å². The van der Waals surface area contributed by atoms with E-state index < -0.39 is 13.0 Å². The van der Waals surface area contributed by atoms with Gasteiger partial charge in [0.15, 0.2) is 13.0 Å². The van der Waals surface area contributed by atoms with Crippen molar-refractivity contribution in [3.8, 4) is 0 Å². The molecule has 0 atom stereocenters. The molecule has 0 saturated carbocycles. The number of hydrogen-bond acceptors (Lipinski definition) is 2. The molecule has 1 aromatic heterocycles. The molecule has 0 aliphatic carbocycles. The van der Waals surface area contributed by atoms with E-state index in [0.29, 0.717) is 10.6 Å². The number of halogens is 1. The molecular weight excluding hydrogens is 284 g/mol. The largest absolute Gasteiger partial charge is 0.307 e. The van der Waals surface area contributed by atoms with Crippen LogP contribution >= 0.6 is 7.14 Å². The third-order valence-electron chi connectivity index (χ3n) is 3.28. The first-order valence-corrected chi connectivity index (χ1v) is 8.26. The zero-order valence-electron chi connectivity index (χ0n) is 11.2. The van der Waals surface area contributed by atoms with Crippen LogP contribution in [0.1, 0.15) is 0 Å². The molecule has 1 heterocycles. The lowest BCUT2D eigenvalue weighted by atomic mass is 10.4. The Morgan fingerprint density at radius 3 is 1.76 bits per heavy atom. The first kappa shape index (κ1) is 13.7. The van der Waals surface area contributed by atoms with Crippen LogP contribution < -0.4 is 16.0 Å². The van der Waals surface area contributed by atoms with Crippen LogP contribution in [0.2, 0.25) is 0 Å². The van der Waals surface area contributed by atoms with Crippen molar-refractivity contribution in [2.24, 2.45) is 0 Å². The predicted molar refractivity (Wildman–Crippen MR) is 83.6 cm³/mol. The highest BCUT2D eigenvalue weighted by molar-refractivity contribution is 7.85. The van der Waals surface area contributed by atoms with Crippen molar-refractivity contribution in [2.75, 3.05) is 0 Å². The number of hydrogen-bond donors (Lipinski definition) is 0. The Bertz CT molecular complexity index is 747. The molecule has 3 rings (SSSR count). The van der Waals surface area contributed by atoms with Gasteiger partial charge in [-0.3, -0.25) is 0 Å².